The van der Waals surface area contributed by atoms with E-state index >= 15 is 0 Å². The normalized spacial score (nSPS) is 11.7. The number of carboxylic acids is 1. The first-order valence-corrected chi connectivity index (χ1v) is 7.29. The van der Waals surface area contributed by atoms with Crippen molar-refractivity contribution in [2.75, 3.05) is 0 Å². The molecule has 8 nitrogen and oxygen atoms in total. The van der Waals surface area contributed by atoms with Crippen LogP contribution < -0.4 is 0 Å². The van der Waals surface area contributed by atoms with E-state index in [1.807, 2.05) is 0 Å². The molecular weight excluding hydrogens is 373 g/mol. The van der Waals surface area contributed by atoms with E-state index in [0.717, 1.165) is 16.8 Å². The number of aliphatic carboxylic acids is 1. The third-order valence-corrected chi connectivity index (χ3v) is 3.80. The van der Waals surface area contributed by atoms with E-state index in [2.05, 4.69) is 0 Å². The largest absolute Gasteiger partial charge is 0.481 e. The van der Waals surface area contributed by atoms with Gasteiger partial charge in [0, 0.05) is 17.6 Å². The van der Waals surface area contributed by atoms with Crippen molar-refractivity contribution in [2.24, 2.45) is 0 Å². The molecule has 0 radical (unpaired) electrons. The summed E-state index contributed by atoms with van der Waals surface area (Å²) in [6.45, 7) is 0. The zero-order chi connectivity index (χ0) is 19.9. The smallest absolute Gasteiger partial charge is 0.423 e. The van der Waals surface area contributed by atoms with Crippen LogP contribution in [-0.4, -0.2) is 26.5 Å². The maximum Gasteiger partial charge on any atom is 0.423 e. The van der Waals surface area contributed by atoms with Gasteiger partial charge in [-0.3, -0.25) is 24.3 Å². The summed E-state index contributed by atoms with van der Waals surface area (Å²) in [5, 5.41) is 19.4. The minimum atomic E-state index is -5.14. The maximum absolute atomic E-state index is 13.6. The van der Waals surface area contributed by atoms with Gasteiger partial charge >= 0.3 is 12.1 Å². The summed E-state index contributed by atoms with van der Waals surface area (Å²) in [5.41, 5.74) is -3.53. The Morgan fingerprint density at radius 3 is 2.48 bits per heavy atom. The number of alkyl halides is 3. The van der Waals surface area contributed by atoms with Crippen LogP contribution >= 0.6 is 0 Å². The fraction of sp³-hybridized carbons (Fsp3) is 0.125. The molecule has 0 spiro atoms. The van der Waals surface area contributed by atoms with E-state index < -0.39 is 46.0 Å². The Morgan fingerprint density at radius 2 is 1.96 bits per heavy atom. The molecule has 0 amide bonds. The quantitative estimate of drug-likeness (QED) is 0.546. The molecule has 2 aromatic heterocycles. The first-order chi connectivity index (χ1) is 12.6. The zero-order valence-electron chi connectivity index (χ0n) is 13.2. The van der Waals surface area contributed by atoms with Crippen LogP contribution in [0.5, 0.6) is 0 Å². The molecular formula is C16H9F3N2O6. The van der Waals surface area contributed by atoms with Gasteiger partial charge in [0.1, 0.15) is 5.56 Å². The molecule has 0 saturated carbocycles. The standard InChI is InChI=1S/C16H9F3N2O6/c17-16(18,19)14-10(21(25)26)4-3-9-13(14)8(6-12(22)23)7-20(9)15(24)11-2-1-5-27-11/h1-5,7H,6H2,(H,22,23). The van der Waals surface area contributed by atoms with Crippen LogP contribution in [0.15, 0.2) is 41.1 Å². The third-order valence-electron chi connectivity index (χ3n) is 3.80. The van der Waals surface area contributed by atoms with E-state index in [-0.39, 0.29) is 16.8 Å². The summed E-state index contributed by atoms with van der Waals surface area (Å²) in [7, 11) is 0. The van der Waals surface area contributed by atoms with Gasteiger partial charge in [0.25, 0.3) is 11.6 Å². The van der Waals surface area contributed by atoms with Crippen molar-refractivity contribution in [3.8, 4) is 0 Å². The van der Waals surface area contributed by atoms with Crippen LogP contribution in [0.1, 0.15) is 21.7 Å². The summed E-state index contributed by atoms with van der Waals surface area (Å²) < 4.78 is 46.4. The minimum absolute atomic E-state index is 0.194. The van der Waals surface area contributed by atoms with Gasteiger partial charge in [-0.2, -0.15) is 13.2 Å². The molecule has 2 heterocycles. The topological polar surface area (TPSA) is 116 Å². The van der Waals surface area contributed by atoms with E-state index in [9.17, 15) is 32.9 Å². The van der Waals surface area contributed by atoms with E-state index in [1.165, 1.54) is 18.4 Å². The molecule has 0 fully saturated rings. The maximum atomic E-state index is 13.6. The first-order valence-electron chi connectivity index (χ1n) is 7.29. The van der Waals surface area contributed by atoms with Crippen molar-refractivity contribution in [1.82, 2.24) is 4.57 Å². The Morgan fingerprint density at radius 1 is 1.26 bits per heavy atom. The van der Waals surface area contributed by atoms with Gasteiger partial charge in [-0.15, -0.1) is 0 Å². The lowest BCUT2D eigenvalue weighted by atomic mass is 10.0. The number of nitrogens with zero attached hydrogens (tertiary/aromatic N) is 2. The van der Waals surface area contributed by atoms with Gasteiger partial charge < -0.3 is 9.52 Å². The lowest BCUT2D eigenvalue weighted by Crippen LogP contribution is -2.12. The fourth-order valence-corrected chi connectivity index (χ4v) is 2.82. The Labute approximate surface area is 147 Å². The van der Waals surface area contributed by atoms with Crippen molar-refractivity contribution in [3.63, 3.8) is 0 Å². The van der Waals surface area contributed by atoms with Crippen LogP contribution in [-0.2, 0) is 17.4 Å². The molecule has 11 heteroatoms. The third kappa shape index (κ3) is 3.14. The predicted molar refractivity (Wildman–Crippen MR) is 83.4 cm³/mol. The Hall–Kier alpha value is -3.63. The summed E-state index contributed by atoms with van der Waals surface area (Å²) in [6, 6.07) is 4.26. The molecule has 0 saturated heterocycles. The molecule has 0 unspecified atom stereocenters. The highest BCUT2D eigenvalue weighted by Gasteiger charge is 2.42. The number of furan rings is 1. The number of nitro benzene ring substituents is 1. The highest BCUT2D eigenvalue weighted by molar-refractivity contribution is 6.04. The summed E-state index contributed by atoms with van der Waals surface area (Å²) in [5.74, 6) is -2.50. The number of hydrogen-bond donors (Lipinski definition) is 1. The number of benzene rings is 1. The van der Waals surface area contributed by atoms with Crippen molar-refractivity contribution < 1.29 is 37.2 Å². The Balaban J connectivity index is 2.40. The van der Waals surface area contributed by atoms with E-state index in [4.69, 9.17) is 9.52 Å². The second kappa shape index (κ2) is 6.27. The van der Waals surface area contributed by atoms with Gasteiger partial charge in [-0.1, -0.05) is 0 Å². The molecule has 1 N–H and O–H groups in total. The fourth-order valence-electron chi connectivity index (χ4n) is 2.82. The first kappa shape index (κ1) is 18.2. The summed E-state index contributed by atoms with van der Waals surface area (Å²) >= 11 is 0. The number of fused-ring (bicyclic) bond motifs is 1. The van der Waals surface area contributed by atoms with Crippen LogP contribution in [0.3, 0.4) is 0 Å². The van der Waals surface area contributed by atoms with E-state index in [1.54, 1.807) is 0 Å². The molecule has 27 heavy (non-hydrogen) atoms. The van der Waals surface area contributed by atoms with Gasteiger partial charge in [-0.05, 0) is 23.8 Å². The summed E-state index contributed by atoms with van der Waals surface area (Å²) in [6.07, 6.45) is -3.90. The Bertz CT molecular complexity index is 1070. The predicted octanol–water partition coefficient (Wildman–Crippen LogP) is 3.48. The number of carbonyl (C=O) groups is 2. The molecule has 0 aliphatic carbocycles. The second-order valence-corrected chi connectivity index (χ2v) is 5.49. The number of rotatable bonds is 4. The highest BCUT2D eigenvalue weighted by atomic mass is 19.4. The van der Waals surface area contributed by atoms with Gasteiger partial charge in [0.2, 0.25) is 0 Å². The molecule has 140 valence electrons. The van der Waals surface area contributed by atoms with Crippen LogP contribution in [0.4, 0.5) is 18.9 Å². The van der Waals surface area contributed by atoms with Gasteiger partial charge in [0.05, 0.1) is 23.1 Å². The average molecular weight is 382 g/mol. The number of carboxylic acid groups (broad SMARTS) is 1. The molecule has 0 aliphatic heterocycles. The van der Waals surface area contributed by atoms with Crippen molar-refractivity contribution >= 4 is 28.5 Å². The van der Waals surface area contributed by atoms with Gasteiger partial charge in [-0.25, -0.2) is 0 Å². The van der Waals surface area contributed by atoms with Crippen molar-refractivity contribution in [1.29, 1.82) is 0 Å². The monoisotopic (exact) mass is 382 g/mol. The molecule has 1 aromatic carbocycles. The number of carbonyl (C=O) groups excluding carboxylic acids is 1. The molecule has 3 rings (SSSR count). The van der Waals surface area contributed by atoms with Crippen molar-refractivity contribution in [2.45, 2.75) is 12.6 Å². The van der Waals surface area contributed by atoms with Gasteiger partial charge in [0.15, 0.2) is 5.76 Å². The Kier molecular flexibility index (Phi) is 4.22. The zero-order valence-corrected chi connectivity index (χ0v) is 13.2. The number of aromatic nitrogens is 1. The second-order valence-electron chi connectivity index (χ2n) is 5.49. The molecule has 3 aromatic rings. The summed E-state index contributed by atoms with van der Waals surface area (Å²) in [4.78, 5) is 33.4. The van der Waals surface area contributed by atoms with Crippen LogP contribution in [0.25, 0.3) is 10.9 Å². The van der Waals surface area contributed by atoms with Crippen LogP contribution in [0, 0.1) is 10.1 Å². The molecule has 0 bridgehead atoms. The lowest BCUT2D eigenvalue weighted by molar-refractivity contribution is -0.387. The molecule has 0 atom stereocenters. The SMILES string of the molecule is O=C(O)Cc1cn(C(=O)c2ccco2)c2ccc([N+](=O)[O-])c(C(F)(F)F)c12. The average Bonchev–Trinajstić information content (AvgIpc) is 3.20. The highest BCUT2D eigenvalue weighted by Crippen LogP contribution is 2.43. The van der Waals surface area contributed by atoms with Crippen molar-refractivity contribution in [3.05, 3.63) is 63.7 Å². The number of halogens is 3. The van der Waals surface area contributed by atoms with Crippen LogP contribution in [0.2, 0.25) is 0 Å². The van der Waals surface area contributed by atoms with E-state index in [0.29, 0.717) is 6.07 Å². The lowest BCUT2D eigenvalue weighted by Gasteiger charge is -2.10. The minimum Gasteiger partial charge on any atom is -0.481 e. The number of nitro groups is 1. The number of hydrogen-bond acceptors (Lipinski definition) is 5. The molecule has 0 aliphatic rings.